The largest absolute Gasteiger partial charge is 0.496 e. The Hall–Kier alpha value is -2.51. The van der Waals surface area contributed by atoms with Gasteiger partial charge in [-0.2, -0.15) is 13.2 Å². The van der Waals surface area contributed by atoms with Gasteiger partial charge < -0.3 is 14.8 Å². The number of pyridine rings is 1. The molecule has 4 nitrogen and oxygen atoms in total. The number of methoxy groups -OCH3 is 1. The van der Waals surface area contributed by atoms with Crippen LogP contribution >= 0.6 is 11.6 Å². The molecule has 2 N–H and O–H groups in total. The molecular weight excluding hydrogens is 383 g/mol. The first-order valence-corrected chi connectivity index (χ1v) is 8.35. The fraction of sp³-hybridized carbons (Fsp3) is 0.211. The van der Waals surface area contributed by atoms with Gasteiger partial charge in [-0.1, -0.05) is 11.6 Å². The molecule has 0 aliphatic rings. The molecule has 0 aliphatic carbocycles. The number of hydrogen-bond acceptors (Lipinski definition) is 3. The first-order chi connectivity index (χ1) is 12.8. The number of alkyl halides is 3. The Morgan fingerprint density at radius 3 is 2.56 bits per heavy atom. The van der Waals surface area contributed by atoms with Gasteiger partial charge in [0, 0.05) is 45.6 Å². The van der Waals surface area contributed by atoms with Gasteiger partial charge in [-0.25, -0.2) is 0 Å². The SMILES string of the molecule is COc1ccc(Cl)cc1-c1c(CCO)c(=O)[nH]c2ccc(C(F)(F)F)cc12. The minimum Gasteiger partial charge on any atom is -0.496 e. The third kappa shape index (κ3) is 3.65. The molecule has 27 heavy (non-hydrogen) atoms. The Balaban J connectivity index is 2.48. The summed E-state index contributed by atoms with van der Waals surface area (Å²) in [5.41, 5.74) is -0.304. The summed E-state index contributed by atoms with van der Waals surface area (Å²) in [7, 11) is 1.41. The number of aliphatic hydroxyl groups is 1. The predicted octanol–water partition coefficient (Wildman–Crippen LogP) is 4.41. The van der Waals surface area contributed by atoms with Crippen LogP contribution in [0.3, 0.4) is 0 Å². The van der Waals surface area contributed by atoms with Crippen LogP contribution in [0, 0.1) is 0 Å². The highest BCUT2D eigenvalue weighted by Crippen LogP contribution is 2.40. The van der Waals surface area contributed by atoms with E-state index in [1.165, 1.54) is 19.2 Å². The Morgan fingerprint density at radius 1 is 1.19 bits per heavy atom. The zero-order valence-electron chi connectivity index (χ0n) is 14.2. The second-order valence-corrected chi connectivity index (χ2v) is 6.32. The Labute approximate surface area is 157 Å². The molecule has 8 heteroatoms. The van der Waals surface area contributed by atoms with E-state index in [9.17, 15) is 23.1 Å². The van der Waals surface area contributed by atoms with Gasteiger partial charge in [-0.3, -0.25) is 4.79 Å². The maximum absolute atomic E-state index is 13.2. The first kappa shape index (κ1) is 19.3. The molecule has 0 spiro atoms. The molecule has 0 amide bonds. The lowest BCUT2D eigenvalue weighted by Gasteiger charge is -2.17. The Bertz CT molecular complexity index is 1060. The van der Waals surface area contributed by atoms with E-state index in [4.69, 9.17) is 16.3 Å². The zero-order valence-corrected chi connectivity index (χ0v) is 14.9. The van der Waals surface area contributed by atoms with Crippen LogP contribution in [0.5, 0.6) is 5.75 Å². The van der Waals surface area contributed by atoms with Gasteiger partial charge in [-0.05, 0) is 36.4 Å². The van der Waals surface area contributed by atoms with Crippen molar-refractivity contribution in [3.05, 3.63) is 62.9 Å². The van der Waals surface area contributed by atoms with Crippen LogP contribution < -0.4 is 10.3 Å². The van der Waals surface area contributed by atoms with Gasteiger partial charge in [0.15, 0.2) is 0 Å². The number of fused-ring (bicyclic) bond motifs is 1. The molecule has 3 rings (SSSR count). The second-order valence-electron chi connectivity index (χ2n) is 5.88. The number of nitrogens with one attached hydrogen (secondary N) is 1. The van der Waals surface area contributed by atoms with E-state index in [-0.39, 0.29) is 35.1 Å². The van der Waals surface area contributed by atoms with Crippen LogP contribution in [-0.2, 0) is 12.6 Å². The van der Waals surface area contributed by atoms with Crippen LogP contribution in [0.2, 0.25) is 5.02 Å². The summed E-state index contributed by atoms with van der Waals surface area (Å²) in [6.07, 6.45) is -4.58. The van der Waals surface area contributed by atoms with Gasteiger partial charge >= 0.3 is 6.18 Å². The smallest absolute Gasteiger partial charge is 0.416 e. The van der Waals surface area contributed by atoms with Crippen LogP contribution in [0.1, 0.15) is 11.1 Å². The number of ether oxygens (including phenoxy) is 1. The fourth-order valence-electron chi connectivity index (χ4n) is 3.04. The van der Waals surface area contributed by atoms with Crippen molar-refractivity contribution in [1.29, 1.82) is 0 Å². The van der Waals surface area contributed by atoms with Crippen LogP contribution in [0.25, 0.3) is 22.0 Å². The molecule has 0 aliphatic heterocycles. The Kier molecular flexibility index (Phi) is 5.17. The van der Waals surface area contributed by atoms with Gasteiger partial charge in [-0.15, -0.1) is 0 Å². The highest BCUT2D eigenvalue weighted by molar-refractivity contribution is 6.31. The van der Waals surface area contributed by atoms with E-state index in [1.807, 2.05) is 0 Å². The third-order valence-electron chi connectivity index (χ3n) is 4.23. The minimum atomic E-state index is -4.54. The number of aliphatic hydroxyl groups excluding tert-OH is 1. The third-order valence-corrected chi connectivity index (χ3v) is 4.47. The van der Waals surface area contributed by atoms with Crippen molar-refractivity contribution >= 4 is 22.5 Å². The lowest BCUT2D eigenvalue weighted by molar-refractivity contribution is -0.137. The molecule has 0 bridgehead atoms. The predicted molar refractivity (Wildman–Crippen MR) is 97.4 cm³/mol. The van der Waals surface area contributed by atoms with Gasteiger partial charge in [0.05, 0.1) is 12.7 Å². The average molecular weight is 398 g/mol. The number of aromatic nitrogens is 1. The van der Waals surface area contributed by atoms with Crippen molar-refractivity contribution in [3.8, 4) is 16.9 Å². The molecule has 142 valence electrons. The molecule has 1 heterocycles. The number of hydrogen-bond donors (Lipinski definition) is 2. The Morgan fingerprint density at radius 2 is 1.93 bits per heavy atom. The summed E-state index contributed by atoms with van der Waals surface area (Å²) < 4.78 is 45.0. The summed E-state index contributed by atoms with van der Waals surface area (Å²) in [5.74, 6) is 0.350. The molecule has 0 saturated heterocycles. The van der Waals surface area contributed by atoms with E-state index in [1.54, 1.807) is 12.1 Å². The van der Waals surface area contributed by atoms with Crippen molar-refractivity contribution in [2.45, 2.75) is 12.6 Å². The number of rotatable bonds is 4. The van der Waals surface area contributed by atoms with Crippen molar-refractivity contribution in [2.75, 3.05) is 13.7 Å². The quantitative estimate of drug-likeness (QED) is 0.685. The topological polar surface area (TPSA) is 62.3 Å². The first-order valence-electron chi connectivity index (χ1n) is 7.97. The van der Waals surface area contributed by atoms with E-state index in [0.717, 1.165) is 12.1 Å². The van der Waals surface area contributed by atoms with Crippen molar-refractivity contribution in [3.63, 3.8) is 0 Å². The molecule has 0 radical (unpaired) electrons. The molecule has 2 aromatic carbocycles. The summed E-state index contributed by atoms with van der Waals surface area (Å²) in [4.78, 5) is 15.1. The monoisotopic (exact) mass is 397 g/mol. The maximum Gasteiger partial charge on any atom is 0.416 e. The highest BCUT2D eigenvalue weighted by Gasteiger charge is 2.31. The van der Waals surface area contributed by atoms with Crippen LogP contribution in [-0.4, -0.2) is 23.8 Å². The van der Waals surface area contributed by atoms with Crippen LogP contribution in [0.4, 0.5) is 13.2 Å². The lowest BCUT2D eigenvalue weighted by atomic mass is 9.93. The average Bonchev–Trinajstić information content (AvgIpc) is 2.61. The standard InChI is InChI=1S/C19H15ClF3NO3/c1-27-16-5-3-11(20)9-14(16)17-12(6-7-25)18(26)24-15-4-2-10(8-13(15)17)19(21,22)23/h2-5,8-9,25H,6-7H2,1H3,(H,24,26). The highest BCUT2D eigenvalue weighted by atomic mass is 35.5. The normalized spacial score (nSPS) is 11.8. The molecule has 3 aromatic rings. The molecule has 0 fully saturated rings. The summed E-state index contributed by atoms with van der Waals surface area (Å²) >= 11 is 6.08. The van der Waals surface area contributed by atoms with Gasteiger partial charge in [0.2, 0.25) is 0 Å². The van der Waals surface area contributed by atoms with Crippen molar-refractivity contribution in [1.82, 2.24) is 4.98 Å². The van der Waals surface area contributed by atoms with Crippen molar-refractivity contribution < 1.29 is 23.0 Å². The van der Waals surface area contributed by atoms with Crippen LogP contribution in [0.15, 0.2) is 41.2 Å². The molecule has 0 atom stereocenters. The number of H-pyrrole nitrogens is 1. The fourth-order valence-corrected chi connectivity index (χ4v) is 3.22. The summed E-state index contributed by atoms with van der Waals surface area (Å²) in [6, 6.07) is 7.76. The van der Waals surface area contributed by atoms with Crippen molar-refractivity contribution in [2.24, 2.45) is 0 Å². The molecule has 1 aromatic heterocycles. The molecular formula is C19H15ClF3NO3. The lowest BCUT2D eigenvalue weighted by Crippen LogP contribution is -2.17. The maximum atomic E-state index is 13.2. The minimum absolute atomic E-state index is 0.0352. The van der Waals surface area contributed by atoms with E-state index < -0.39 is 17.3 Å². The zero-order chi connectivity index (χ0) is 19.8. The second kappa shape index (κ2) is 7.25. The van der Waals surface area contributed by atoms with Gasteiger partial charge in [0.25, 0.3) is 5.56 Å². The summed E-state index contributed by atoms with van der Waals surface area (Å²) in [6.45, 7) is -0.344. The summed E-state index contributed by atoms with van der Waals surface area (Å²) in [5, 5.41) is 9.89. The van der Waals surface area contributed by atoms with E-state index in [2.05, 4.69) is 4.98 Å². The number of benzene rings is 2. The van der Waals surface area contributed by atoms with Gasteiger partial charge in [0.1, 0.15) is 5.75 Å². The molecule has 0 saturated carbocycles. The number of aromatic amines is 1. The molecule has 0 unspecified atom stereocenters. The van der Waals surface area contributed by atoms with E-state index in [0.29, 0.717) is 16.3 Å². The van der Waals surface area contributed by atoms with E-state index >= 15 is 0 Å². The number of halogens is 4.